The second kappa shape index (κ2) is 9.76. The van der Waals surface area contributed by atoms with Crippen molar-refractivity contribution in [3.8, 4) is 22.8 Å². The number of amides is 1. The van der Waals surface area contributed by atoms with Crippen molar-refractivity contribution in [1.82, 2.24) is 24.8 Å². The largest absolute Gasteiger partial charge is 0.453 e. The molecule has 1 saturated heterocycles. The average molecular weight is 534 g/mol. The maximum Gasteiger partial charge on any atom is 0.349 e. The summed E-state index contributed by atoms with van der Waals surface area (Å²) >= 11 is 1.35. The molecule has 0 radical (unpaired) electrons. The first-order valence-electron chi connectivity index (χ1n) is 11.9. The maximum atomic E-state index is 12.7. The molecule has 12 nitrogen and oxygen atoms in total. The standard InChI is InChI=1S/C25H23N7O5S/c1-2-18(33)37-31-9-3-5-14(11-31)32-24-19(23(26)27-12-28-24)20(30-32)15-7-8-16(22-21(15)35-13-36-22)29-25(34)17-6-4-10-38-17/h2,4,6-8,10,12,14H,1,3,5,9,11,13H2,(H,29,34)(H2,26,27,28)/t14-/m1/s1. The number of piperidine rings is 1. The number of benzene rings is 1. The lowest BCUT2D eigenvalue weighted by atomic mass is 10.1. The van der Waals surface area contributed by atoms with Gasteiger partial charge in [-0.15, -0.1) is 16.4 Å². The quantitative estimate of drug-likeness (QED) is 0.354. The Kier molecular flexibility index (Phi) is 6.13. The van der Waals surface area contributed by atoms with Gasteiger partial charge in [0.05, 0.1) is 28.5 Å². The van der Waals surface area contributed by atoms with Gasteiger partial charge in [0.25, 0.3) is 5.91 Å². The Bertz CT molecular complexity index is 1550. The number of carbonyl (C=O) groups is 2. The number of aromatic nitrogens is 4. The molecule has 1 aromatic carbocycles. The highest BCUT2D eigenvalue weighted by Gasteiger charge is 2.31. The van der Waals surface area contributed by atoms with Crippen molar-refractivity contribution >= 4 is 45.8 Å². The van der Waals surface area contributed by atoms with E-state index in [0.717, 1.165) is 18.9 Å². The monoisotopic (exact) mass is 533 g/mol. The van der Waals surface area contributed by atoms with Crippen LogP contribution in [0.1, 0.15) is 28.6 Å². The van der Waals surface area contributed by atoms with E-state index in [0.29, 0.717) is 57.4 Å². The van der Waals surface area contributed by atoms with Crippen LogP contribution in [0.5, 0.6) is 11.5 Å². The summed E-state index contributed by atoms with van der Waals surface area (Å²) in [7, 11) is 0. The number of carbonyl (C=O) groups excluding carboxylic acids is 2. The van der Waals surface area contributed by atoms with Crippen LogP contribution in [-0.2, 0) is 9.63 Å². The summed E-state index contributed by atoms with van der Waals surface area (Å²) in [5.74, 6) is 0.364. The molecule has 6 rings (SSSR count). The molecule has 2 aliphatic heterocycles. The summed E-state index contributed by atoms with van der Waals surface area (Å²) < 4.78 is 13.4. The van der Waals surface area contributed by atoms with Gasteiger partial charge in [-0.2, -0.15) is 5.10 Å². The molecular formula is C25H23N7O5S. The summed E-state index contributed by atoms with van der Waals surface area (Å²) in [5.41, 5.74) is 8.51. The maximum absolute atomic E-state index is 12.7. The van der Waals surface area contributed by atoms with Gasteiger partial charge in [-0.3, -0.25) is 4.79 Å². The first kappa shape index (κ1) is 23.9. The molecule has 194 valence electrons. The van der Waals surface area contributed by atoms with Crippen LogP contribution in [0.25, 0.3) is 22.3 Å². The molecule has 0 aliphatic carbocycles. The normalized spacial score (nSPS) is 16.9. The third-order valence-electron chi connectivity index (χ3n) is 6.38. The summed E-state index contributed by atoms with van der Waals surface area (Å²) in [6.07, 6.45) is 4.12. The SMILES string of the molecule is C=CC(=O)ON1CCC[C@@H](n2nc(-c3ccc(NC(=O)c4cccs4)c4c3OCO4)c3c(N)ncnc32)C1. The molecule has 1 fully saturated rings. The van der Waals surface area contributed by atoms with Gasteiger partial charge >= 0.3 is 5.97 Å². The van der Waals surface area contributed by atoms with Crippen molar-refractivity contribution in [2.45, 2.75) is 18.9 Å². The number of rotatable bonds is 6. The van der Waals surface area contributed by atoms with Crippen LogP contribution in [0.2, 0.25) is 0 Å². The third kappa shape index (κ3) is 4.21. The topological polar surface area (TPSA) is 147 Å². The van der Waals surface area contributed by atoms with Gasteiger partial charge in [0.2, 0.25) is 6.79 Å². The van der Waals surface area contributed by atoms with Gasteiger partial charge in [0.15, 0.2) is 17.1 Å². The van der Waals surface area contributed by atoms with Crippen molar-refractivity contribution in [3.05, 3.63) is 53.5 Å². The lowest BCUT2D eigenvalue weighted by molar-refractivity contribution is -0.191. The van der Waals surface area contributed by atoms with E-state index in [4.69, 9.17) is 25.1 Å². The van der Waals surface area contributed by atoms with E-state index in [1.54, 1.807) is 27.9 Å². The number of anilines is 2. The molecule has 0 saturated carbocycles. The Morgan fingerprint density at radius 2 is 2.11 bits per heavy atom. The van der Waals surface area contributed by atoms with Crippen molar-refractivity contribution in [1.29, 1.82) is 0 Å². The predicted molar refractivity (Wildman–Crippen MR) is 140 cm³/mol. The predicted octanol–water partition coefficient (Wildman–Crippen LogP) is 3.40. The van der Waals surface area contributed by atoms with Crippen LogP contribution in [-0.4, -0.2) is 56.6 Å². The first-order chi connectivity index (χ1) is 18.5. The number of nitrogens with two attached hydrogens (primary N) is 1. The van der Waals surface area contributed by atoms with Gasteiger partial charge in [0.1, 0.15) is 17.8 Å². The van der Waals surface area contributed by atoms with E-state index in [2.05, 4.69) is 21.9 Å². The molecule has 4 aromatic rings. The van der Waals surface area contributed by atoms with E-state index >= 15 is 0 Å². The zero-order valence-electron chi connectivity index (χ0n) is 20.1. The van der Waals surface area contributed by atoms with Gasteiger partial charge in [0, 0.05) is 18.2 Å². The zero-order valence-corrected chi connectivity index (χ0v) is 20.9. The molecule has 1 atom stereocenters. The number of nitrogens with zero attached hydrogens (tertiary/aromatic N) is 5. The van der Waals surface area contributed by atoms with Crippen molar-refractivity contribution < 1.29 is 23.9 Å². The Morgan fingerprint density at radius 3 is 2.92 bits per heavy atom. The Hall–Kier alpha value is -4.49. The Labute approximate surface area is 220 Å². The third-order valence-corrected chi connectivity index (χ3v) is 7.24. The lowest BCUT2D eigenvalue weighted by Gasteiger charge is -2.31. The molecule has 2 aliphatic rings. The number of nitrogens with one attached hydrogen (secondary N) is 1. The van der Waals surface area contributed by atoms with Crippen LogP contribution in [0.3, 0.4) is 0 Å². The second-order valence-electron chi connectivity index (χ2n) is 8.71. The summed E-state index contributed by atoms with van der Waals surface area (Å²) in [6.45, 7) is 4.48. The number of nitrogen functional groups attached to an aromatic ring is 1. The first-order valence-corrected chi connectivity index (χ1v) is 12.8. The van der Waals surface area contributed by atoms with Gasteiger partial charge in [-0.1, -0.05) is 12.6 Å². The molecule has 0 unspecified atom stereocenters. The minimum Gasteiger partial charge on any atom is -0.453 e. The van der Waals surface area contributed by atoms with E-state index in [1.165, 1.54) is 17.7 Å². The van der Waals surface area contributed by atoms with Gasteiger partial charge in [-0.05, 0) is 36.4 Å². The number of thiophene rings is 1. The van der Waals surface area contributed by atoms with Crippen molar-refractivity contribution in [3.63, 3.8) is 0 Å². The molecule has 0 bridgehead atoms. The molecule has 5 heterocycles. The van der Waals surface area contributed by atoms with Crippen LogP contribution in [0, 0.1) is 0 Å². The van der Waals surface area contributed by atoms with E-state index in [9.17, 15) is 9.59 Å². The summed E-state index contributed by atoms with van der Waals surface area (Å²) in [4.78, 5) is 39.0. The fourth-order valence-corrected chi connectivity index (χ4v) is 5.30. The Balaban J connectivity index is 1.39. The molecular weight excluding hydrogens is 510 g/mol. The minimum absolute atomic E-state index is 0.00883. The van der Waals surface area contributed by atoms with Crippen LogP contribution in [0.15, 0.2) is 48.6 Å². The fourth-order valence-electron chi connectivity index (χ4n) is 4.68. The fraction of sp³-hybridized carbons (Fsp3) is 0.240. The van der Waals surface area contributed by atoms with Gasteiger partial charge < -0.3 is 25.4 Å². The summed E-state index contributed by atoms with van der Waals surface area (Å²) in [5, 5.41) is 11.8. The van der Waals surface area contributed by atoms with Crippen molar-refractivity contribution in [2.24, 2.45) is 0 Å². The minimum atomic E-state index is -0.512. The van der Waals surface area contributed by atoms with Crippen LogP contribution >= 0.6 is 11.3 Å². The molecule has 0 spiro atoms. The zero-order chi connectivity index (χ0) is 26.2. The lowest BCUT2D eigenvalue weighted by Crippen LogP contribution is -2.38. The molecule has 38 heavy (non-hydrogen) atoms. The number of hydroxylamine groups is 2. The highest BCUT2D eigenvalue weighted by molar-refractivity contribution is 7.12. The highest BCUT2D eigenvalue weighted by Crippen LogP contribution is 2.48. The summed E-state index contributed by atoms with van der Waals surface area (Å²) in [6, 6.07) is 6.97. The highest BCUT2D eigenvalue weighted by atomic mass is 32.1. The smallest absolute Gasteiger partial charge is 0.349 e. The van der Waals surface area contributed by atoms with E-state index in [-0.39, 0.29) is 24.6 Å². The Morgan fingerprint density at radius 1 is 1.24 bits per heavy atom. The van der Waals surface area contributed by atoms with E-state index in [1.807, 2.05) is 11.4 Å². The van der Waals surface area contributed by atoms with Crippen LogP contribution < -0.4 is 20.5 Å². The molecule has 3 N–H and O–H groups in total. The van der Waals surface area contributed by atoms with Crippen LogP contribution in [0.4, 0.5) is 11.5 Å². The average Bonchev–Trinajstić information content (AvgIpc) is 3.70. The molecule has 1 amide bonds. The second-order valence-corrected chi connectivity index (χ2v) is 9.65. The number of hydrogen-bond acceptors (Lipinski definition) is 11. The van der Waals surface area contributed by atoms with Crippen molar-refractivity contribution in [2.75, 3.05) is 30.9 Å². The number of hydrogen-bond donors (Lipinski definition) is 2. The molecule has 3 aromatic heterocycles. The number of ether oxygens (including phenoxy) is 2. The van der Waals surface area contributed by atoms with E-state index < -0.39 is 5.97 Å². The molecule has 13 heteroatoms. The number of fused-ring (bicyclic) bond motifs is 2. The van der Waals surface area contributed by atoms with Gasteiger partial charge in [-0.25, -0.2) is 19.4 Å².